The highest BCUT2D eigenvalue weighted by Gasteiger charge is 2.10. The third kappa shape index (κ3) is 4.15. The van der Waals surface area contributed by atoms with Crippen molar-refractivity contribution in [1.29, 1.82) is 0 Å². The highest BCUT2D eigenvalue weighted by Crippen LogP contribution is 2.07. The third-order valence-corrected chi connectivity index (χ3v) is 2.25. The molecule has 0 N–H and O–H groups in total. The average molecular weight is 205 g/mol. The smallest absolute Gasteiger partial charge is 0.219 e. The molecule has 0 atom stereocenters. The number of nitrogens with zero attached hydrogens (tertiary/aromatic N) is 1. The maximum atomic E-state index is 11.4. The molecule has 0 aliphatic heterocycles. The summed E-state index contributed by atoms with van der Waals surface area (Å²) in [5.41, 5.74) is 1.19. The summed E-state index contributed by atoms with van der Waals surface area (Å²) in [5, 5.41) is 0. The molecule has 0 saturated heterocycles. The van der Waals surface area contributed by atoms with E-state index in [2.05, 4.69) is 26.0 Å². The Bertz CT molecular complexity index is 306. The first-order valence-corrected chi connectivity index (χ1v) is 5.39. The van der Waals surface area contributed by atoms with Crippen molar-refractivity contribution in [2.75, 3.05) is 6.54 Å². The van der Waals surface area contributed by atoms with Crippen molar-refractivity contribution in [1.82, 2.24) is 4.90 Å². The second-order valence-corrected chi connectivity index (χ2v) is 4.28. The van der Waals surface area contributed by atoms with Crippen LogP contribution < -0.4 is 0 Å². The van der Waals surface area contributed by atoms with Gasteiger partial charge in [0.05, 0.1) is 0 Å². The van der Waals surface area contributed by atoms with Crippen LogP contribution in [0.2, 0.25) is 0 Å². The Labute approximate surface area is 91.9 Å². The van der Waals surface area contributed by atoms with E-state index in [9.17, 15) is 4.79 Å². The molecule has 0 unspecified atom stereocenters. The molecule has 0 heterocycles. The molecule has 0 aliphatic rings. The van der Waals surface area contributed by atoms with Crippen molar-refractivity contribution in [2.24, 2.45) is 5.92 Å². The quantitative estimate of drug-likeness (QED) is 0.740. The molecule has 2 nitrogen and oxygen atoms in total. The lowest BCUT2D eigenvalue weighted by molar-refractivity contribution is -0.129. The van der Waals surface area contributed by atoms with Gasteiger partial charge in [0.25, 0.3) is 0 Å². The summed E-state index contributed by atoms with van der Waals surface area (Å²) < 4.78 is 0. The van der Waals surface area contributed by atoms with Crippen LogP contribution in [0.4, 0.5) is 0 Å². The van der Waals surface area contributed by atoms with Crippen LogP contribution in [0.15, 0.2) is 30.3 Å². The van der Waals surface area contributed by atoms with Gasteiger partial charge in [0, 0.05) is 20.0 Å². The lowest BCUT2D eigenvalue weighted by Gasteiger charge is -2.23. The maximum absolute atomic E-state index is 11.4. The van der Waals surface area contributed by atoms with Gasteiger partial charge in [-0.3, -0.25) is 4.79 Å². The first kappa shape index (κ1) is 11.8. The summed E-state index contributed by atoms with van der Waals surface area (Å²) in [5.74, 6) is 0.658. The number of amides is 1. The minimum atomic E-state index is 0.146. The van der Waals surface area contributed by atoms with E-state index in [4.69, 9.17) is 0 Å². The topological polar surface area (TPSA) is 20.3 Å². The van der Waals surface area contributed by atoms with E-state index in [0.717, 1.165) is 6.54 Å². The molecule has 2 heteroatoms. The van der Waals surface area contributed by atoms with Crippen LogP contribution in [-0.4, -0.2) is 17.4 Å². The monoisotopic (exact) mass is 205 g/mol. The van der Waals surface area contributed by atoms with Crippen LogP contribution in [0.1, 0.15) is 26.3 Å². The fourth-order valence-corrected chi connectivity index (χ4v) is 1.55. The molecule has 0 aliphatic carbocycles. The van der Waals surface area contributed by atoms with Gasteiger partial charge < -0.3 is 4.90 Å². The zero-order chi connectivity index (χ0) is 11.3. The van der Waals surface area contributed by atoms with E-state index >= 15 is 0 Å². The molecule has 1 rings (SSSR count). The Morgan fingerprint density at radius 3 is 2.33 bits per heavy atom. The van der Waals surface area contributed by atoms with E-state index < -0.39 is 0 Å². The molecule has 0 radical (unpaired) electrons. The molecule has 1 amide bonds. The lowest BCUT2D eigenvalue weighted by atomic mass is 10.1. The summed E-state index contributed by atoms with van der Waals surface area (Å²) in [6, 6.07) is 10.1. The largest absolute Gasteiger partial charge is 0.338 e. The number of hydrogen-bond acceptors (Lipinski definition) is 1. The van der Waals surface area contributed by atoms with Gasteiger partial charge in [0.1, 0.15) is 0 Å². The highest BCUT2D eigenvalue weighted by atomic mass is 16.2. The summed E-state index contributed by atoms with van der Waals surface area (Å²) in [6.45, 7) is 7.42. The minimum absolute atomic E-state index is 0.146. The molecular weight excluding hydrogens is 186 g/mol. The zero-order valence-corrected chi connectivity index (χ0v) is 9.73. The highest BCUT2D eigenvalue weighted by molar-refractivity contribution is 5.73. The van der Waals surface area contributed by atoms with Crippen LogP contribution in [0, 0.1) is 5.92 Å². The van der Waals surface area contributed by atoms with Gasteiger partial charge >= 0.3 is 0 Å². The van der Waals surface area contributed by atoms with Crippen LogP contribution >= 0.6 is 0 Å². The fraction of sp³-hybridized carbons (Fsp3) is 0.462. The van der Waals surface area contributed by atoms with Crippen molar-refractivity contribution < 1.29 is 4.79 Å². The normalized spacial score (nSPS) is 10.4. The summed E-state index contributed by atoms with van der Waals surface area (Å²) in [6.07, 6.45) is 0. The van der Waals surface area contributed by atoms with Crippen molar-refractivity contribution >= 4 is 5.91 Å². The Hall–Kier alpha value is -1.31. The van der Waals surface area contributed by atoms with Crippen LogP contribution in [0.5, 0.6) is 0 Å². The Morgan fingerprint density at radius 2 is 1.87 bits per heavy atom. The molecule has 1 aromatic rings. The summed E-state index contributed by atoms with van der Waals surface area (Å²) in [7, 11) is 0. The zero-order valence-electron chi connectivity index (χ0n) is 9.73. The van der Waals surface area contributed by atoms with Gasteiger partial charge in [-0.15, -0.1) is 0 Å². The number of carbonyl (C=O) groups is 1. The van der Waals surface area contributed by atoms with Crippen molar-refractivity contribution in [3.63, 3.8) is 0 Å². The fourth-order valence-electron chi connectivity index (χ4n) is 1.55. The van der Waals surface area contributed by atoms with E-state index in [1.165, 1.54) is 5.56 Å². The number of carbonyl (C=O) groups excluding carboxylic acids is 1. The van der Waals surface area contributed by atoms with E-state index in [-0.39, 0.29) is 5.91 Å². The summed E-state index contributed by atoms with van der Waals surface area (Å²) >= 11 is 0. The van der Waals surface area contributed by atoms with Crippen molar-refractivity contribution in [3.8, 4) is 0 Å². The SMILES string of the molecule is CC(=O)N(Cc1ccccc1)CC(C)C. The first-order valence-electron chi connectivity index (χ1n) is 5.39. The predicted octanol–water partition coefficient (Wildman–Crippen LogP) is 2.69. The molecule has 0 spiro atoms. The van der Waals surface area contributed by atoms with Crippen LogP contribution in [0.25, 0.3) is 0 Å². The lowest BCUT2D eigenvalue weighted by Crippen LogP contribution is -2.31. The average Bonchev–Trinajstić information content (AvgIpc) is 2.17. The molecule has 0 saturated carbocycles. The minimum Gasteiger partial charge on any atom is -0.338 e. The molecule has 15 heavy (non-hydrogen) atoms. The Kier molecular flexibility index (Phi) is 4.35. The number of rotatable bonds is 4. The van der Waals surface area contributed by atoms with E-state index in [0.29, 0.717) is 12.5 Å². The molecule has 82 valence electrons. The van der Waals surface area contributed by atoms with Gasteiger partial charge in [-0.1, -0.05) is 44.2 Å². The maximum Gasteiger partial charge on any atom is 0.219 e. The first-order chi connectivity index (χ1) is 7.09. The Balaban J connectivity index is 2.63. The van der Waals surface area contributed by atoms with Crippen molar-refractivity contribution in [2.45, 2.75) is 27.3 Å². The second kappa shape index (κ2) is 5.54. The third-order valence-electron chi connectivity index (χ3n) is 2.25. The van der Waals surface area contributed by atoms with Crippen LogP contribution in [0.3, 0.4) is 0 Å². The van der Waals surface area contributed by atoms with E-state index in [1.54, 1.807) is 6.92 Å². The summed E-state index contributed by atoms with van der Waals surface area (Å²) in [4.78, 5) is 13.3. The van der Waals surface area contributed by atoms with Crippen LogP contribution in [-0.2, 0) is 11.3 Å². The number of benzene rings is 1. The molecule has 0 bridgehead atoms. The van der Waals surface area contributed by atoms with Gasteiger partial charge in [0.2, 0.25) is 5.91 Å². The molecule has 1 aromatic carbocycles. The molecular formula is C13H19NO. The predicted molar refractivity (Wildman–Crippen MR) is 62.4 cm³/mol. The van der Waals surface area contributed by atoms with E-state index in [1.807, 2.05) is 23.1 Å². The number of hydrogen-bond donors (Lipinski definition) is 0. The molecule has 0 aromatic heterocycles. The van der Waals surface area contributed by atoms with Crippen molar-refractivity contribution in [3.05, 3.63) is 35.9 Å². The van der Waals surface area contributed by atoms with Gasteiger partial charge in [-0.2, -0.15) is 0 Å². The van der Waals surface area contributed by atoms with Gasteiger partial charge in [-0.25, -0.2) is 0 Å². The standard InChI is InChI=1S/C13H19NO/c1-11(2)9-14(12(3)15)10-13-7-5-4-6-8-13/h4-8,11H,9-10H2,1-3H3. The molecule has 0 fully saturated rings. The second-order valence-electron chi connectivity index (χ2n) is 4.28. The van der Waals surface area contributed by atoms with Gasteiger partial charge in [-0.05, 0) is 11.5 Å². The Morgan fingerprint density at radius 1 is 1.27 bits per heavy atom. The van der Waals surface area contributed by atoms with Gasteiger partial charge in [0.15, 0.2) is 0 Å².